The summed E-state index contributed by atoms with van der Waals surface area (Å²) in [4.78, 5) is 0. The van der Waals surface area contributed by atoms with Crippen LogP contribution in [-0.4, -0.2) is 6.43 Å². The Morgan fingerprint density at radius 1 is 1.40 bits per heavy atom. The Balaban J connectivity index is 3.22. The highest BCUT2D eigenvalue weighted by atomic mass is 19.3. The SMILES string of the molecule is C=C(CCCCC)C(F)F. The van der Waals surface area contributed by atoms with Crippen molar-refractivity contribution in [2.24, 2.45) is 0 Å². The molecule has 2 heteroatoms. The molecule has 0 aliphatic heterocycles. The molecule has 60 valence electrons. The van der Waals surface area contributed by atoms with Gasteiger partial charge >= 0.3 is 0 Å². The third kappa shape index (κ3) is 4.48. The lowest BCUT2D eigenvalue weighted by molar-refractivity contribution is 0.185. The minimum atomic E-state index is -2.32. The fourth-order valence-corrected chi connectivity index (χ4v) is 0.711. The van der Waals surface area contributed by atoms with Gasteiger partial charge < -0.3 is 0 Å². The van der Waals surface area contributed by atoms with Crippen LogP contribution in [0.5, 0.6) is 0 Å². The van der Waals surface area contributed by atoms with E-state index in [2.05, 4.69) is 6.58 Å². The largest absolute Gasteiger partial charge is 0.259 e. The maximum atomic E-state index is 11.8. The van der Waals surface area contributed by atoms with Gasteiger partial charge in [-0.05, 0) is 18.4 Å². The average molecular weight is 148 g/mol. The molecule has 0 saturated heterocycles. The van der Waals surface area contributed by atoms with Crippen LogP contribution in [0.25, 0.3) is 0 Å². The summed E-state index contributed by atoms with van der Waals surface area (Å²) in [5, 5.41) is 0. The summed E-state index contributed by atoms with van der Waals surface area (Å²) in [5.74, 6) is 0. The first-order chi connectivity index (χ1) is 4.68. The van der Waals surface area contributed by atoms with E-state index in [4.69, 9.17) is 0 Å². The van der Waals surface area contributed by atoms with Crippen LogP contribution in [-0.2, 0) is 0 Å². The molecule has 0 aliphatic carbocycles. The molecule has 0 fully saturated rings. The predicted molar refractivity (Wildman–Crippen MR) is 39.3 cm³/mol. The molecule has 0 radical (unpaired) electrons. The third-order valence-corrected chi connectivity index (χ3v) is 1.41. The molecule has 0 saturated carbocycles. The Kier molecular flexibility index (Phi) is 5.17. The Morgan fingerprint density at radius 2 is 2.00 bits per heavy atom. The molecule has 0 aliphatic rings. The molecule has 0 atom stereocenters. The van der Waals surface area contributed by atoms with Crippen LogP contribution in [0.3, 0.4) is 0 Å². The summed E-state index contributed by atoms with van der Waals surface area (Å²) in [5.41, 5.74) is 0.0773. The van der Waals surface area contributed by atoms with Crippen LogP contribution < -0.4 is 0 Å². The number of rotatable bonds is 5. The highest BCUT2D eigenvalue weighted by Gasteiger charge is 2.06. The van der Waals surface area contributed by atoms with E-state index in [1.165, 1.54) is 0 Å². The predicted octanol–water partition coefficient (Wildman–Crippen LogP) is 3.39. The first kappa shape index (κ1) is 9.60. The first-order valence-corrected chi connectivity index (χ1v) is 3.64. The van der Waals surface area contributed by atoms with Gasteiger partial charge in [0.05, 0.1) is 0 Å². The summed E-state index contributed by atoms with van der Waals surface area (Å²) in [7, 11) is 0. The van der Waals surface area contributed by atoms with Crippen LogP contribution in [0, 0.1) is 0 Å². The van der Waals surface area contributed by atoms with Gasteiger partial charge in [0.1, 0.15) is 0 Å². The Hall–Kier alpha value is -0.400. The molecule has 0 unspecified atom stereocenters. The van der Waals surface area contributed by atoms with Crippen molar-refractivity contribution in [2.45, 2.75) is 39.0 Å². The van der Waals surface area contributed by atoms with Gasteiger partial charge in [0.2, 0.25) is 0 Å². The first-order valence-electron chi connectivity index (χ1n) is 3.64. The summed E-state index contributed by atoms with van der Waals surface area (Å²) >= 11 is 0. The minimum Gasteiger partial charge on any atom is -0.205 e. The molecular formula is C8H14F2. The van der Waals surface area contributed by atoms with Crippen LogP contribution in [0.4, 0.5) is 8.78 Å². The molecule has 0 bridgehead atoms. The Bertz CT molecular complexity index is 97.4. The van der Waals surface area contributed by atoms with Gasteiger partial charge in [-0.15, -0.1) is 0 Å². The van der Waals surface area contributed by atoms with Gasteiger partial charge in [0, 0.05) is 0 Å². The summed E-state index contributed by atoms with van der Waals surface area (Å²) in [6.07, 6.45) is 1.09. The second kappa shape index (κ2) is 5.39. The second-order valence-electron chi connectivity index (χ2n) is 2.42. The van der Waals surface area contributed by atoms with Gasteiger partial charge in [-0.1, -0.05) is 26.3 Å². The van der Waals surface area contributed by atoms with E-state index < -0.39 is 6.43 Å². The molecule has 0 rings (SSSR count). The fraction of sp³-hybridized carbons (Fsp3) is 0.750. The zero-order chi connectivity index (χ0) is 7.98. The van der Waals surface area contributed by atoms with Crippen molar-refractivity contribution in [3.8, 4) is 0 Å². The van der Waals surface area contributed by atoms with Crippen molar-refractivity contribution in [1.29, 1.82) is 0 Å². The monoisotopic (exact) mass is 148 g/mol. The molecule has 0 heterocycles. The fourth-order valence-electron chi connectivity index (χ4n) is 0.711. The Labute approximate surface area is 60.9 Å². The van der Waals surface area contributed by atoms with Gasteiger partial charge in [0.15, 0.2) is 0 Å². The quantitative estimate of drug-likeness (QED) is 0.414. The van der Waals surface area contributed by atoms with E-state index in [0.717, 1.165) is 19.3 Å². The molecule has 0 aromatic heterocycles. The lowest BCUT2D eigenvalue weighted by Crippen LogP contribution is -1.94. The maximum Gasteiger partial charge on any atom is 0.259 e. The lowest BCUT2D eigenvalue weighted by Gasteiger charge is -2.01. The van der Waals surface area contributed by atoms with E-state index in [0.29, 0.717) is 6.42 Å². The van der Waals surface area contributed by atoms with Crippen LogP contribution in [0.2, 0.25) is 0 Å². The standard InChI is InChI=1S/C8H14F2/c1-3-4-5-6-7(2)8(9)10/h8H,2-6H2,1H3. The van der Waals surface area contributed by atoms with Crippen molar-refractivity contribution in [3.63, 3.8) is 0 Å². The average Bonchev–Trinajstić information content (AvgIpc) is 1.88. The number of allylic oxidation sites excluding steroid dienone is 1. The summed E-state index contributed by atoms with van der Waals surface area (Å²) in [6, 6.07) is 0. The van der Waals surface area contributed by atoms with Crippen LogP contribution in [0.1, 0.15) is 32.6 Å². The van der Waals surface area contributed by atoms with Crippen molar-refractivity contribution in [1.82, 2.24) is 0 Å². The van der Waals surface area contributed by atoms with E-state index >= 15 is 0 Å². The van der Waals surface area contributed by atoms with Gasteiger partial charge in [-0.3, -0.25) is 0 Å². The lowest BCUT2D eigenvalue weighted by atomic mass is 10.1. The maximum absolute atomic E-state index is 11.8. The number of unbranched alkanes of at least 4 members (excludes halogenated alkanes) is 2. The molecular weight excluding hydrogens is 134 g/mol. The van der Waals surface area contributed by atoms with Crippen molar-refractivity contribution in [3.05, 3.63) is 12.2 Å². The molecule has 0 aromatic carbocycles. The minimum absolute atomic E-state index is 0.0773. The molecule has 0 N–H and O–H groups in total. The number of alkyl halides is 2. The van der Waals surface area contributed by atoms with Crippen LogP contribution in [0.15, 0.2) is 12.2 Å². The van der Waals surface area contributed by atoms with E-state index in [9.17, 15) is 8.78 Å². The van der Waals surface area contributed by atoms with Crippen molar-refractivity contribution < 1.29 is 8.78 Å². The Morgan fingerprint density at radius 3 is 2.40 bits per heavy atom. The zero-order valence-corrected chi connectivity index (χ0v) is 6.37. The van der Waals surface area contributed by atoms with E-state index in [-0.39, 0.29) is 5.57 Å². The normalized spacial score (nSPS) is 10.4. The number of halogens is 2. The molecule has 10 heavy (non-hydrogen) atoms. The van der Waals surface area contributed by atoms with Crippen LogP contribution >= 0.6 is 0 Å². The molecule has 0 amide bonds. The third-order valence-electron chi connectivity index (χ3n) is 1.41. The van der Waals surface area contributed by atoms with E-state index in [1.54, 1.807) is 0 Å². The molecule has 0 nitrogen and oxygen atoms in total. The highest BCUT2D eigenvalue weighted by Crippen LogP contribution is 2.13. The summed E-state index contributed by atoms with van der Waals surface area (Å²) in [6.45, 7) is 5.32. The highest BCUT2D eigenvalue weighted by molar-refractivity contribution is 4.96. The van der Waals surface area contributed by atoms with Crippen molar-refractivity contribution in [2.75, 3.05) is 0 Å². The van der Waals surface area contributed by atoms with Crippen molar-refractivity contribution >= 4 is 0 Å². The topological polar surface area (TPSA) is 0 Å². The van der Waals surface area contributed by atoms with Gasteiger partial charge in [-0.25, -0.2) is 8.78 Å². The zero-order valence-electron chi connectivity index (χ0n) is 6.37. The van der Waals surface area contributed by atoms with E-state index in [1.807, 2.05) is 6.92 Å². The molecule has 0 aromatic rings. The second-order valence-corrected chi connectivity index (χ2v) is 2.42. The smallest absolute Gasteiger partial charge is 0.205 e. The molecule has 0 spiro atoms. The number of hydrogen-bond donors (Lipinski definition) is 0. The number of hydrogen-bond acceptors (Lipinski definition) is 0. The van der Waals surface area contributed by atoms with Gasteiger partial charge in [0.25, 0.3) is 6.43 Å². The van der Waals surface area contributed by atoms with Gasteiger partial charge in [-0.2, -0.15) is 0 Å². The summed E-state index contributed by atoms with van der Waals surface area (Å²) < 4.78 is 23.5.